The van der Waals surface area contributed by atoms with Crippen LogP contribution in [0.2, 0.25) is 5.02 Å². The van der Waals surface area contributed by atoms with E-state index < -0.39 is 6.04 Å². The predicted octanol–water partition coefficient (Wildman–Crippen LogP) is 2.40. The average Bonchev–Trinajstić information content (AvgIpc) is 2.83. The Hall–Kier alpha value is -1.63. The molecule has 136 valence electrons. The van der Waals surface area contributed by atoms with Gasteiger partial charge in [-0.1, -0.05) is 11.6 Å². The zero-order chi connectivity index (χ0) is 18.3. The number of halogens is 1. The maximum Gasteiger partial charge on any atom is 0.251 e. The molecule has 0 radical (unpaired) electrons. The fourth-order valence-electron chi connectivity index (χ4n) is 3.61. The lowest BCUT2D eigenvalue weighted by Crippen LogP contribution is -2.52. The topological polar surface area (TPSA) is 59.1 Å². The molecule has 2 fully saturated rings. The highest BCUT2D eigenvalue weighted by atomic mass is 35.5. The van der Waals surface area contributed by atoms with E-state index in [1.54, 1.807) is 12.1 Å². The smallest absolute Gasteiger partial charge is 0.251 e. The molecule has 3 atom stereocenters. The van der Waals surface area contributed by atoms with Crippen LogP contribution in [0, 0.1) is 6.92 Å². The molecular formula is C18H23ClN2O4. The number of imide groups is 1. The van der Waals surface area contributed by atoms with E-state index in [1.807, 2.05) is 25.7 Å². The number of anilines is 1. The molecule has 2 aliphatic heterocycles. The number of amides is 2. The van der Waals surface area contributed by atoms with Crippen LogP contribution in [-0.2, 0) is 14.3 Å². The quantitative estimate of drug-likeness (QED) is 0.769. The zero-order valence-electron chi connectivity index (χ0n) is 14.9. The van der Waals surface area contributed by atoms with E-state index in [9.17, 15) is 9.59 Å². The van der Waals surface area contributed by atoms with Gasteiger partial charge in [-0.05, 0) is 32.4 Å². The van der Waals surface area contributed by atoms with E-state index in [1.165, 1.54) is 12.0 Å². The summed E-state index contributed by atoms with van der Waals surface area (Å²) in [5.74, 6) is -0.0187. The lowest BCUT2D eigenvalue weighted by Gasteiger charge is -2.37. The summed E-state index contributed by atoms with van der Waals surface area (Å²) in [7, 11) is 1.50. The van der Waals surface area contributed by atoms with Gasteiger partial charge in [-0.15, -0.1) is 0 Å². The van der Waals surface area contributed by atoms with Gasteiger partial charge in [0.1, 0.15) is 5.75 Å². The molecule has 0 spiro atoms. The first kappa shape index (κ1) is 18.2. The summed E-state index contributed by atoms with van der Waals surface area (Å²) in [5, 5.41) is 0.534. The fourth-order valence-corrected chi connectivity index (χ4v) is 3.77. The van der Waals surface area contributed by atoms with Crippen LogP contribution >= 0.6 is 11.6 Å². The van der Waals surface area contributed by atoms with E-state index >= 15 is 0 Å². The number of ether oxygens (including phenoxy) is 2. The number of methoxy groups -OCH3 is 1. The highest BCUT2D eigenvalue weighted by Crippen LogP contribution is 2.37. The fraction of sp³-hybridized carbons (Fsp3) is 0.556. The second kappa shape index (κ2) is 6.94. The minimum absolute atomic E-state index is 0.0352. The Morgan fingerprint density at radius 3 is 2.44 bits per heavy atom. The number of carbonyl (C=O) groups excluding carboxylic acids is 2. The van der Waals surface area contributed by atoms with E-state index in [0.29, 0.717) is 29.5 Å². The second-order valence-electron chi connectivity index (χ2n) is 6.77. The molecular weight excluding hydrogens is 344 g/mol. The number of nitrogens with zero attached hydrogens (tertiary/aromatic N) is 2. The summed E-state index contributed by atoms with van der Waals surface area (Å²) in [5.41, 5.74) is 1.24. The Morgan fingerprint density at radius 2 is 1.84 bits per heavy atom. The van der Waals surface area contributed by atoms with Crippen LogP contribution in [0.4, 0.5) is 5.69 Å². The molecule has 3 rings (SSSR count). The summed E-state index contributed by atoms with van der Waals surface area (Å²) in [6, 6.07) is 2.91. The Kier molecular flexibility index (Phi) is 5.04. The Balaban J connectivity index is 1.91. The first-order valence-electron chi connectivity index (χ1n) is 8.42. The summed E-state index contributed by atoms with van der Waals surface area (Å²) < 4.78 is 11.1. The molecule has 2 amide bonds. The maximum absolute atomic E-state index is 13.0. The molecule has 25 heavy (non-hydrogen) atoms. The summed E-state index contributed by atoms with van der Waals surface area (Å²) in [6.45, 7) is 7.07. The van der Waals surface area contributed by atoms with Gasteiger partial charge >= 0.3 is 0 Å². The third kappa shape index (κ3) is 3.38. The molecule has 0 saturated carbocycles. The molecule has 2 aliphatic rings. The van der Waals surface area contributed by atoms with Crippen molar-refractivity contribution in [1.29, 1.82) is 0 Å². The Labute approximate surface area is 152 Å². The molecule has 1 aromatic rings. The summed E-state index contributed by atoms with van der Waals surface area (Å²) in [6.07, 6.45) is 0.240. The van der Waals surface area contributed by atoms with Gasteiger partial charge in [-0.25, -0.2) is 4.90 Å². The van der Waals surface area contributed by atoms with Crippen LogP contribution in [0.15, 0.2) is 12.1 Å². The summed E-state index contributed by atoms with van der Waals surface area (Å²) in [4.78, 5) is 28.9. The molecule has 6 nitrogen and oxygen atoms in total. The normalized spacial score (nSPS) is 27.9. The third-order valence-electron chi connectivity index (χ3n) is 4.71. The van der Waals surface area contributed by atoms with Crippen molar-refractivity contribution in [1.82, 2.24) is 4.90 Å². The molecule has 7 heteroatoms. The van der Waals surface area contributed by atoms with Crippen molar-refractivity contribution in [2.24, 2.45) is 0 Å². The standard InChI is InChI=1S/C18H23ClN2O4/c1-10-5-14(16(24-4)6-13(10)19)21-17(22)7-15(18(21)23)20-8-11(2)25-12(3)9-20/h5-6,11-12,15H,7-9H2,1-4H3/t11-,12-,15+/m1/s1. The molecule has 0 N–H and O–H groups in total. The van der Waals surface area contributed by atoms with E-state index in [4.69, 9.17) is 21.1 Å². The lowest BCUT2D eigenvalue weighted by atomic mass is 10.1. The molecule has 0 bridgehead atoms. The van der Waals surface area contributed by atoms with Gasteiger partial charge < -0.3 is 9.47 Å². The number of aryl methyl sites for hydroxylation is 1. The van der Waals surface area contributed by atoms with Crippen LogP contribution in [-0.4, -0.2) is 55.2 Å². The van der Waals surface area contributed by atoms with Crippen LogP contribution in [0.25, 0.3) is 0 Å². The average molecular weight is 367 g/mol. The minimum atomic E-state index is -0.456. The van der Waals surface area contributed by atoms with Crippen LogP contribution in [0.1, 0.15) is 25.8 Å². The van der Waals surface area contributed by atoms with E-state index in [2.05, 4.69) is 0 Å². The Bertz CT molecular complexity index is 699. The van der Waals surface area contributed by atoms with Gasteiger partial charge in [0.05, 0.1) is 37.5 Å². The van der Waals surface area contributed by atoms with Crippen molar-refractivity contribution < 1.29 is 19.1 Å². The lowest BCUT2D eigenvalue weighted by molar-refractivity contribution is -0.127. The molecule has 0 aromatic heterocycles. The molecule has 0 unspecified atom stereocenters. The number of hydrogen-bond donors (Lipinski definition) is 0. The van der Waals surface area contributed by atoms with Crippen molar-refractivity contribution in [3.05, 3.63) is 22.7 Å². The molecule has 2 heterocycles. The van der Waals surface area contributed by atoms with E-state index in [0.717, 1.165) is 5.56 Å². The highest BCUT2D eigenvalue weighted by molar-refractivity contribution is 6.32. The van der Waals surface area contributed by atoms with Gasteiger partial charge in [-0.2, -0.15) is 0 Å². The van der Waals surface area contributed by atoms with Crippen molar-refractivity contribution >= 4 is 29.1 Å². The van der Waals surface area contributed by atoms with E-state index in [-0.39, 0.29) is 30.4 Å². The monoisotopic (exact) mass is 366 g/mol. The number of carbonyl (C=O) groups is 2. The first-order valence-corrected chi connectivity index (χ1v) is 8.80. The number of hydrogen-bond acceptors (Lipinski definition) is 5. The number of rotatable bonds is 3. The van der Waals surface area contributed by atoms with Gasteiger partial charge in [-0.3, -0.25) is 14.5 Å². The maximum atomic E-state index is 13.0. The molecule has 2 saturated heterocycles. The Morgan fingerprint density at radius 1 is 1.20 bits per heavy atom. The van der Waals surface area contributed by atoms with Gasteiger partial charge in [0.15, 0.2) is 0 Å². The van der Waals surface area contributed by atoms with Gasteiger partial charge in [0.25, 0.3) is 5.91 Å². The van der Waals surface area contributed by atoms with Crippen molar-refractivity contribution in [3.63, 3.8) is 0 Å². The van der Waals surface area contributed by atoms with Crippen LogP contribution in [0.3, 0.4) is 0 Å². The molecule has 1 aromatic carbocycles. The van der Waals surface area contributed by atoms with Crippen molar-refractivity contribution in [2.45, 2.75) is 45.4 Å². The molecule has 0 aliphatic carbocycles. The van der Waals surface area contributed by atoms with Crippen LogP contribution in [0.5, 0.6) is 5.75 Å². The van der Waals surface area contributed by atoms with Gasteiger partial charge in [0, 0.05) is 24.2 Å². The number of morpholine rings is 1. The third-order valence-corrected chi connectivity index (χ3v) is 5.12. The largest absolute Gasteiger partial charge is 0.495 e. The van der Waals surface area contributed by atoms with Crippen molar-refractivity contribution in [3.8, 4) is 5.75 Å². The predicted molar refractivity (Wildman–Crippen MR) is 95.2 cm³/mol. The van der Waals surface area contributed by atoms with Gasteiger partial charge in [0.2, 0.25) is 5.91 Å². The zero-order valence-corrected chi connectivity index (χ0v) is 15.7. The number of benzene rings is 1. The minimum Gasteiger partial charge on any atom is -0.495 e. The SMILES string of the molecule is COc1cc(Cl)c(C)cc1N1C(=O)C[C@H](N2C[C@@H](C)O[C@H](C)C2)C1=O. The first-order chi connectivity index (χ1) is 11.8. The van der Waals surface area contributed by atoms with Crippen molar-refractivity contribution in [2.75, 3.05) is 25.1 Å². The summed E-state index contributed by atoms with van der Waals surface area (Å²) >= 11 is 6.14. The second-order valence-corrected chi connectivity index (χ2v) is 7.18. The highest BCUT2D eigenvalue weighted by Gasteiger charge is 2.45. The van der Waals surface area contributed by atoms with Crippen LogP contribution < -0.4 is 9.64 Å².